The largest absolute Gasteiger partial charge is 0.350 e. The summed E-state index contributed by atoms with van der Waals surface area (Å²) in [6.45, 7) is 10.5. The van der Waals surface area contributed by atoms with Crippen molar-refractivity contribution in [3.63, 3.8) is 0 Å². The van der Waals surface area contributed by atoms with E-state index in [9.17, 15) is 0 Å². The fraction of sp³-hybridized carbons (Fsp3) is 1.00. The molecule has 120 valence electrons. The number of hydrogen-bond acceptors (Lipinski definition) is 2. The molecule has 0 atom stereocenters. The van der Waals surface area contributed by atoms with Crippen molar-refractivity contribution in [2.75, 3.05) is 13.2 Å². The van der Waals surface area contributed by atoms with E-state index in [1.54, 1.807) is 0 Å². The van der Waals surface area contributed by atoms with E-state index in [2.05, 4.69) is 27.7 Å². The van der Waals surface area contributed by atoms with Gasteiger partial charge in [-0.1, -0.05) is 59.8 Å². The van der Waals surface area contributed by atoms with Crippen LogP contribution in [0.3, 0.4) is 0 Å². The smallest absolute Gasteiger partial charge is 0.168 e. The quantitative estimate of drug-likeness (QED) is 0.595. The van der Waals surface area contributed by atoms with Crippen LogP contribution in [0.4, 0.5) is 0 Å². The maximum Gasteiger partial charge on any atom is 0.168 e. The second-order valence-electron chi connectivity index (χ2n) is 7.30. The van der Waals surface area contributed by atoms with Gasteiger partial charge < -0.3 is 9.47 Å². The van der Waals surface area contributed by atoms with E-state index in [4.69, 9.17) is 9.47 Å². The van der Waals surface area contributed by atoms with Gasteiger partial charge in [-0.2, -0.15) is 0 Å². The first-order chi connectivity index (χ1) is 9.54. The SMILES string of the molecule is CC(C)COC1(OCC(C)C)CCCCCCCCC1. The number of rotatable bonds is 6. The molecule has 0 spiro atoms. The average molecular weight is 284 g/mol. The van der Waals surface area contributed by atoms with Gasteiger partial charge in [-0.25, -0.2) is 0 Å². The third-order valence-electron chi connectivity index (χ3n) is 3.97. The lowest BCUT2D eigenvalue weighted by molar-refractivity contribution is -0.254. The zero-order valence-corrected chi connectivity index (χ0v) is 14.2. The standard InChI is InChI=1S/C18H36O2/c1-16(2)14-19-18(20-15-17(3)4)12-10-8-6-5-7-9-11-13-18/h16-17H,5-15H2,1-4H3. The molecule has 0 amide bonds. The van der Waals surface area contributed by atoms with Crippen molar-refractivity contribution in [1.29, 1.82) is 0 Å². The average Bonchev–Trinajstić information content (AvgIpc) is 2.41. The van der Waals surface area contributed by atoms with E-state index in [0.717, 1.165) is 26.1 Å². The summed E-state index contributed by atoms with van der Waals surface area (Å²) in [6, 6.07) is 0. The fourth-order valence-electron chi connectivity index (χ4n) is 2.76. The molecule has 0 aromatic carbocycles. The van der Waals surface area contributed by atoms with Crippen LogP contribution >= 0.6 is 0 Å². The minimum atomic E-state index is -0.300. The molecule has 0 aromatic heterocycles. The number of hydrogen-bond donors (Lipinski definition) is 0. The first-order valence-corrected chi connectivity index (χ1v) is 8.82. The maximum absolute atomic E-state index is 6.29. The normalized spacial score (nSPS) is 21.3. The Balaban J connectivity index is 2.62. The minimum Gasteiger partial charge on any atom is -0.350 e. The summed E-state index contributed by atoms with van der Waals surface area (Å²) in [7, 11) is 0. The molecule has 0 heterocycles. The second-order valence-corrected chi connectivity index (χ2v) is 7.30. The van der Waals surface area contributed by atoms with Gasteiger partial charge in [-0.05, 0) is 24.7 Å². The highest BCUT2D eigenvalue weighted by Gasteiger charge is 2.32. The van der Waals surface area contributed by atoms with Crippen molar-refractivity contribution in [3.05, 3.63) is 0 Å². The third-order valence-corrected chi connectivity index (χ3v) is 3.97. The van der Waals surface area contributed by atoms with Crippen molar-refractivity contribution in [2.45, 2.75) is 91.3 Å². The van der Waals surface area contributed by atoms with Crippen LogP contribution < -0.4 is 0 Å². The van der Waals surface area contributed by atoms with Gasteiger partial charge >= 0.3 is 0 Å². The zero-order chi connectivity index (χ0) is 14.8. The van der Waals surface area contributed by atoms with E-state index in [1.165, 1.54) is 44.9 Å². The summed E-state index contributed by atoms with van der Waals surface area (Å²) < 4.78 is 12.6. The van der Waals surface area contributed by atoms with E-state index < -0.39 is 0 Å². The third kappa shape index (κ3) is 7.64. The predicted octanol–water partition coefficient (Wildman–Crippen LogP) is 5.55. The molecule has 2 nitrogen and oxygen atoms in total. The Bertz CT molecular complexity index is 212. The molecule has 20 heavy (non-hydrogen) atoms. The van der Waals surface area contributed by atoms with Crippen molar-refractivity contribution in [3.8, 4) is 0 Å². The lowest BCUT2D eigenvalue weighted by atomic mass is 9.96. The van der Waals surface area contributed by atoms with E-state index in [-0.39, 0.29) is 5.79 Å². The van der Waals surface area contributed by atoms with Gasteiger partial charge in [-0.3, -0.25) is 0 Å². The fourth-order valence-corrected chi connectivity index (χ4v) is 2.76. The van der Waals surface area contributed by atoms with Crippen LogP contribution in [-0.4, -0.2) is 19.0 Å². The summed E-state index contributed by atoms with van der Waals surface area (Å²) >= 11 is 0. The highest BCUT2D eigenvalue weighted by molar-refractivity contribution is 4.73. The maximum atomic E-state index is 6.29. The van der Waals surface area contributed by atoms with Crippen LogP contribution in [-0.2, 0) is 9.47 Å². The van der Waals surface area contributed by atoms with Gasteiger partial charge in [0, 0.05) is 12.8 Å². The molecule has 1 rings (SSSR count). The summed E-state index contributed by atoms with van der Waals surface area (Å²) in [4.78, 5) is 0. The highest BCUT2D eigenvalue weighted by Crippen LogP contribution is 2.31. The first kappa shape index (κ1) is 18.0. The minimum absolute atomic E-state index is 0.300. The van der Waals surface area contributed by atoms with Gasteiger partial charge in [0.15, 0.2) is 5.79 Å². The Morgan fingerprint density at radius 3 is 1.35 bits per heavy atom. The molecule has 1 aliphatic rings. The molecule has 0 saturated heterocycles. The molecule has 1 saturated carbocycles. The Kier molecular flexibility index (Phi) is 8.79. The van der Waals surface area contributed by atoms with Gasteiger partial charge in [0.2, 0.25) is 0 Å². The molecule has 0 N–H and O–H groups in total. The molecular weight excluding hydrogens is 248 g/mol. The van der Waals surface area contributed by atoms with Gasteiger partial charge in [-0.15, -0.1) is 0 Å². The Labute approximate surface area is 126 Å². The van der Waals surface area contributed by atoms with Crippen LogP contribution in [0.15, 0.2) is 0 Å². The monoisotopic (exact) mass is 284 g/mol. The second kappa shape index (κ2) is 9.78. The molecule has 0 radical (unpaired) electrons. The molecule has 0 bridgehead atoms. The molecule has 2 heteroatoms. The Morgan fingerprint density at radius 2 is 1.00 bits per heavy atom. The van der Waals surface area contributed by atoms with Crippen molar-refractivity contribution in [2.24, 2.45) is 11.8 Å². The molecule has 0 aliphatic heterocycles. The Morgan fingerprint density at radius 1 is 0.650 bits per heavy atom. The summed E-state index contributed by atoms with van der Waals surface area (Å²) in [5, 5.41) is 0. The van der Waals surface area contributed by atoms with Crippen LogP contribution in [0, 0.1) is 11.8 Å². The van der Waals surface area contributed by atoms with Gasteiger partial charge in [0.05, 0.1) is 13.2 Å². The van der Waals surface area contributed by atoms with E-state index in [1.807, 2.05) is 0 Å². The molecule has 0 unspecified atom stereocenters. The Hall–Kier alpha value is -0.0800. The molecule has 1 aliphatic carbocycles. The lowest BCUT2D eigenvalue weighted by Gasteiger charge is -2.36. The van der Waals surface area contributed by atoms with Gasteiger partial charge in [0.25, 0.3) is 0 Å². The first-order valence-electron chi connectivity index (χ1n) is 8.82. The van der Waals surface area contributed by atoms with Crippen LogP contribution in [0.25, 0.3) is 0 Å². The van der Waals surface area contributed by atoms with Crippen LogP contribution in [0.2, 0.25) is 0 Å². The lowest BCUT2D eigenvalue weighted by Crippen LogP contribution is -2.38. The summed E-state index contributed by atoms with van der Waals surface area (Å²) in [5.74, 6) is 0.848. The van der Waals surface area contributed by atoms with E-state index >= 15 is 0 Å². The topological polar surface area (TPSA) is 18.5 Å². The summed E-state index contributed by atoms with van der Waals surface area (Å²) in [6.07, 6.45) is 11.5. The number of ether oxygens (including phenoxy) is 2. The molecule has 1 fully saturated rings. The van der Waals surface area contributed by atoms with Crippen molar-refractivity contribution in [1.82, 2.24) is 0 Å². The molecular formula is C18H36O2. The van der Waals surface area contributed by atoms with Crippen molar-refractivity contribution < 1.29 is 9.47 Å². The summed E-state index contributed by atoms with van der Waals surface area (Å²) in [5.41, 5.74) is 0. The highest BCUT2D eigenvalue weighted by atomic mass is 16.7. The zero-order valence-electron chi connectivity index (χ0n) is 14.2. The van der Waals surface area contributed by atoms with E-state index in [0.29, 0.717) is 11.8 Å². The van der Waals surface area contributed by atoms with Crippen molar-refractivity contribution >= 4 is 0 Å². The molecule has 0 aromatic rings. The van der Waals surface area contributed by atoms with Gasteiger partial charge in [0.1, 0.15) is 0 Å². The van der Waals surface area contributed by atoms with Crippen LogP contribution in [0.1, 0.15) is 85.5 Å². The predicted molar refractivity (Wildman–Crippen MR) is 85.9 cm³/mol. The van der Waals surface area contributed by atoms with Crippen LogP contribution in [0.5, 0.6) is 0 Å².